The SMILES string of the molecule is CC1(C)c2ccccc2-c2ccc(N(c3ccccc3)c3ccc4c(c3)C(C)(C)c3cc5c(cc3-4)-c3cc4ccccc4cc3C(C)(C)C5(C)C)cc21. The first-order valence-corrected chi connectivity index (χ1v) is 19.3. The number of hydrogen-bond acceptors (Lipinski definition) is 1. The molecule has 53 heavy (non-hydrogen) atoms. The molecule has 3 aliphatic carbocycles. The molecule has 1 heteroatoms. The van der Waals surface area contributed by atoms with Crippen molar-refractivity contribution in [3.05, 3.63) is 173 Å². The van der Waals surface area contributed by atoms with Crippen molar-refractivity contribution >= 4 is 27.8 Å². The number of hydrogen-bond donors (Lipinski definition) is 0. The summed E-state index contributed by atoms with van der Waals surface area (Å²) in [5.41, 5.74) is 19.9. The number of rotatable bonds is 3. The fourth-order valence-electron chi connectivity index (χ4n) is 10.2. The van der Waals surface area contributed by atoms with E-state index in [-0.39, 0.29) is 21.7 Å². The Balaban J connectivity index is 1.15. The lowest BCUT2D eigenvalue weighted by Gasteiger charge is -2.49. The first-order chi connectivity index (χ1) is 25.3. The van der Waals surface area contributed by atoms with Gasteiger partial charge in [0.1, 0.15) is 0 Å². The third kappa shape index (κ3) is 4.25. The average Bonchev–Trinajstić information content (AvgIpc) is 3.52. The molecule has 0 unspecified atom stereocenters. The Morgan fingerprint density at radius 2 is 0.755 bits per heavy atom. The van der Waals surface area contributed by atoms with Gasteiger partial charge in [-0.2, -0.15) is 0 Å². The minimum absolute atomic E-state index is 0.0433. The lowest BCUT2D eigenvalue weighted by atomic mass is 9.55. The summed E-state index contributed by atoms with van der Waals surface area (Å²) in [6.45, 7) is 19.4. The molecule has 0 saturated carbocycles. The van der Waals surface area contributed by atoms with Crippen LogP contribution in [0.3, 0.4) is 0 Å². The van der Waals surface area contributed by atoms with Gasteiger partial charge in [0.25, 0.3) is 0 Å². The third-order valence-electron chi connectivity index (χ3n) is 14.0. The molecule has 7 aromatic carbocycles. The first kappa shape index (κ1) is 32.3. The van der Waals surface area contributed by atoms with Gasteiger partial charge < -0.3 is 4.90 Å². The van der Waals surface area contributed by atoms with Crippen molar-refractivity contribution in [1.82, 2.24) is 0 Å². The molecule has 0 spiro atoms. The van der Waals surface area contributed by atoms with Crippen LogP contribution in [0.25, 0.3) is 44.2 Å². The van der Waals surface area contributed by atoms with Gasteiger partial charge in [-0.1, -0.05) is 140 Å². The fraction of sp³-hybridized carbons (Fsp3) is 0.231. The molecule has 0 radical (unpaired) electrons. The van der Waals surface area contributed by atoms with E-state index in [9.17, 15) is 0 Å². The van der Waals surface area contributed by atoms with Gasteiger partial charge in [0, 0.05) is 27.9 Å². The van der Waals surface area contributed by atoms with Crippen LogP contribution in [-0.4, -0.2) is 0 Å². The summed E-state index contributed by atoms with van der Waals surface area (Å²) in [6, 6.07) is 53.0. The highest BCUT2D eigenvalue weighted by molar-refractivity contribution is 5.95. The van der Waals surface area contributed by atoms with E-state index in [2.05, 4.69) is 200 Å². The Labute approximate surface area is 315 Å². The summed E-state index contributed by atoms with van der Waals surface area (Å²) in [6.07, 6.45) is 0. The van der Waals surface area contributed by atoms with Gasteiger partial charge in [-0.3, -0.25) is 0 Å². The molecule has 0 heterocycles. The Bertz CT molecular complexity index is 2670. The summed E-state index contributed by atoms with van der Waals surface area (Å²) in [4.78, 5) is 2.46. The van der Waals surface area contributed by atoms with Gasteiger partial charge in [0.2, 0.25) is 0 Å². The maximum Gasteiger partial charge on any atom is 0.0465 e. The van der Waals surface area contributed by atoms with E-state index >= 15 is 0 Å². The van der Waals surface area contributed by atoms with Crippen LogP contribution in [0.5, 0.6) is 0 Å². The molecule has 0 N–H and O–H groups in total. The van der Waals surface area contributed by atoms with Crippen LogP contribution >= 0.6 is 0 Å². The van der Waals surface area contributed by atoms with Crippen molar-refractivity contribution in [2.45, 2.75) is 77.0 Å². The van der Waals surface area contributed by atoms with Gasteiger partial charge in [-0.05, 0) is 143 Å². The number of benzene rings is 7. The second-order valence-electron chi connectivity index (χ2n) is 17.9. The number of para-hydroxylation sites is 1. The van der Waals surface area contributed by atoms with Crippen LogP contribution in [0.1, 0.15) is 88.8 Å². The van der Waals surface area contributed by atoms with Gasteiger partial charge in [0.05, 0.1) is 0 Å². The Hall–Kier alpha value is -5.40. The molecule has 0 saturated heterocycles. The van der Waals surface area contributed by atoms with Crippen LogP contribution in [0.4, 0.5) is 17.1 Å². The summed E-state index contributed by atoms with van der Waals surface area (Å²) in [7, 11) is 0. The summed E-state index contributed by atoms with van der Waals surface area (Å²) >= 11 is 0. The molecule has 0 aromatic heterocycles. The zero-order valence-electron chi connectivity index (χ0n) is 32.2. The summed E-state index contributed by atoms with van der Waals surface area (Å²) in [5, 5.41) is 2.62. The molecule has 0 amide bonds. The molecule has 3 aliphatic rings. The zero-order valence-corrected chi connectivity index (χ0v) is 32.2. The number of nitrogens with zero attached hydrogens (tertiary/aromatic N) is 1. The second kappa shape index (κ2) is 10.6. The van der Waals surface area contributed by atoms with Gasteiger partial charge >= 0.3 is 0 Å². The number of fused-ring (bicyclic) bond motifs is 10. The smallest absolute Gasteiger partial charge is 0.0465 e. The van der Waals surface area contributed by atoms with E-state index < -0.39 is 0 Å². The van der Waals surface area contributed by atoms with Crippen molar-refractivity contribution < 1.29 is 0 Å². The predicted octanol–water partition coefficient (Wildman–Crippen LogP) is 14.2. The number of anilines is 3. The molecule has 0 atom stereocenters. The van der Waals surface area contributed by atoms with E-state index in [0.717, 1.165) is 5.69 Å². The lowest BCUT2D eigenvalue weighted by molar-refractivity contribution is 0.299. The topological polar surface area (TPSA) is 3.24 Å². The minimum atomic E-state index is -0.163. The molecule has 0 fully saturated rings. The third-order valence-corrected chi connectivity index (χ3v) is 14.0. The van der Waals surface area contributed by atoms with Crippen LogP contribution in [0, 0.1) is 0 Å². The largest absolute Gasteiger partial charge is 0.310 e. The van der Waals surface area contributed by atoms with Crippen molar-refractivity contribution in [2.75, 3.05) is 4.90 Å². The second-order valence-corrected chi connectivity index (χ2v) is 17.9. The Morgan fingerprint density at radius 1 is 0.302 bits per heavy atom. The van der Waals surface area contributed by atoms with E-state index in [1.54, 1.807) is 0 Å². The van der Waals surface area contributed by atoms with Gasteiger partial charge in [-0.15, -0.1) is 0 Å². The molecular formula is C52H47N. The van der Waals surface area contributed by atoms with Crippen LogP contribution < -0.4 is 4.90 Å². The van der Waals surface area contributed by atoms with E-state index in [0.29, 0.717) is 0 Å². The molecular weight excluding hydrogens is 639 g/mol. The predicted molar refractivity (Wildman–Crippen MR) is 225 cm³/mol. The van der Waals surface area contributed by atoms with E-state index in [1.807, 2.05) is 0 Å². The maximum atomic E-state index is 2.58. The van der Waals surface area contributed by atoms with Crippen molar-refractivity contribution in [3.63, 3.8) is 0 Å². The van der Waals surface area contributed by atoms with Gasteiger partial charge in [-0.25, -0.2) is 0 Å². The highest BCUT2D eigenvalue weighted by atomic mass is 15.1. The molecule has 10 rings (SSSR count). The maximum absolute atomic E-state index is 2.58. The molecule has 260 valence electrons. The highest BCUT2D eigenvalue weighted by Crippen LogP contribution is 2.59. The fourth-order valence-corrected chi connectivity index (χ4v) is 10.2. The summed E-state index contributed by atoms with van der Waals surface area (Å²) in [5.74, 6) is 0. The highest BCUT2D eigenvalue weighted by Gasteiger charge is 2.48. The normalized spacial score (nSPS) is 17.3. The zero-order chi connectivity index (χ0) is 36.7. The monoisotopic (exact) mass is 685 g/mol. The quantitative estimate of drug-likeness (QED) is 0.179. The molecule has 0 bridgehead atoms. The van der Waals surface area contributed by atoms with Crippen molar-refractivity contribution in [2.24, 2.45) is 0 Å². The lowest BCUT2D eigenvalue weighted by Crippen LogP contribution is -2.43. The first-order valence-electron chi connectivity index (χ1n) is 19.3. The minimum Gasteiger partial charge on any atom is -0.310 e. The Kier molecular flexibility index (Phi) is 6.45. The van der Waals surface area contributed by atoms with Crippen LogP contribution in [0.2, 0.25) is 0 Å². The molecule has 1 nitrogen and oxygen atoms in total. The van der Waals surface area contributed by atoms with E-state index in [1.165, 1.54) is 88.9 Å². The van der Waals surface area contributed by atoms with E-state index in [4.69, 9.17) is 0 Å². The van der Waals surface area contributed by atoms with Crippen molar-refractivity contribution in [1.29, 1.82) is 0 Å². The van der Waals surface area contributed by atoms with Crippen LogP contribution in [0.15, 0.2) is 140 Å². The summed E-state index contributed by atoms with van der Waals surface area (Å²) < 4.78 is 0. The average molecular weight is 686 g/mol. The molecule has 7 aromatic rings. The standard InChI is InChI=1S/C52H47N/c1-49(2)43-21-15-14-20-37(43)38-24-22-35(28-44(38)49)53(34-18-10-9-11-19-34)36-23-25-39-41-30-42-40-26-32-16-12-13-17-33(32)27-47(40)51(5,6)52(7,8)48(42)31-46(41)50(3,4)45(39)29-36/h9-31H,1-8H3. The van der Waals surface area contributed by atoms with Crippen molar-refractivity contribution in [3.8, 4) is 33.4 Å². The van der Waals surface area contributed by atoms with Gasteiger partial charge in [0.15, 0.2) is 0 Å². The molecule has 0 aliphatic heterocycles. The van der Waals surface area contributed by atoms with Crippen LogP contribution in [-0.2, 0) is 21.7 Å². The Morgan fingerprint density at radius 3 is 1.42 bits per heavy atom.